The van der Waals surface area contributed by atoms with Crippen LogP contribution in [0, 0.1) is 0 Å². The maximum atomic E-state index is 11.5. The average molecular weight is 320 g/mol. The van der Waals surface area contributed by atoms with Gasteiger partial charge in [0, 0.05) is 17.8 Å². The van der Waals surface area contributed by atoms with Gasteiger partial charge >= 0.3 is 5.97 Å². The number of benzene rings is 1. The molecule has 1 aromatic carbocycles. The van der Waals surface area contributed by atoms with Crippen LogP contribution in [-0.4, -0.2) is 22.7 Å². The molecule has 5 heteroatoms. The Morgan fingerprint density at radius 3 is 2.71 bits per heavy atom. The first-order chi connectivity index (χ1) is 11.8. The highest BCUT2D eigenvalue weighted by molar-refractivity contribution is 5.87. The Hall–Kier alpha value is -3.21. The predicted octanol–water partition coefficient (Wildman–Crippen LogP) is 4.08. The number of hydrogen-bond donors (Lipinski definition) is 0. The van der Waals surface area contributed by atoms with Gasteiger partial charge in [-0.25, -0.2) is 4.79 Å². The third-order valence-corrected chi connectivity index (χ3v) is 3.32. The largest absolute Gasteiger partial charge is 0.461 e. The fourth-order valence-corrected chi connectivity index (χ4v) is 2.15. The second-order valence-electron chi connectivity index (χ2n) is 5.01. The van der Waals surface area contributed by atoms with E-state index in [2.05, 4.69) is 10.1 Å². The molecule has 0 aliphatic heterocycles. The summed E-state index contributed by atoms with van der Waals surface area (Å²) in [6, 6.07) is 15.4. The van der Waals surface area contributed by atoms with Crippen molar-refractivity contribution in [1.82, 2.24) is 10.1 Å². The number of carbonyl (C=O) groups is 1. The van der Waals surface area contributed by atoms with Gasteiger partial charge in [0.2, 0.25) is 0 Å². The Morgan fingerprint density at radius 2 is 2.00 bits per heavy atom. The number of esters is 1. The second-order valence-corrected chi connectivity index (χ2v) is 5.01. The lowest BCUT2D eigenvalue weighted by Gasteiger charge is -2.00. The summed E-state index contributed by atoms with van der Waals surface area (Å²) < 4.78 is 9.97. The maximum Gasteiger partial charge on any atom is 0.360 e. The number of hydrogen-bond acceptors (Lipinski definition) is 5. The van der Waals surface area contributed by atoms with E-state index in [1.165, 1.54) is 0 Å². The van der Waals surface area contributed by atoms with Crippen LogP contribution in [0.3, 0.4) is 0 Å². The van der Waals surface area contributed by atoms with Crippen molar-refractivity contribution < 1.29 is 14.1 Å². The summed E-state index contributed by atoms with van der Waals surface area (Å²) in [7, 11) is 0. The normalized spacial score (nSPS) is 10.9. The second kappa shape index (κ2) is 7.37. The zero-order chi connectivity index (χ0) is 16.8. The van der Waals surface area contributed by atoms with E-state index in [9.17, 15) is 4.79 Å². The molecule has 0 aliphatic rings. The lowest BCUT2D eigenvalue weighted by molar-refractivity contribution is 0.0514. The predicted molar refractivity (Wildman–Crippen MR) is 91.1 cm³/mol. The van der Waals surface area contributed by atoms with E-state index in [1.807, 2.05) is 48.5 Å². The Morgan fingerprint density at radius 1 is 1.17 bits per heavy atom. The van der Waals surface area contributed by atoms with Gasteiger partial charge in [-0.05, 0) is 30.7 Å². The lowest BCUT2D eigenvalue weighted by Crippen LogP contribution is -2.04. The van der Waals surface area contributed by atoms with Gasteiger partial charge < -0.3 is 9.26 Å². The average Bonchev–Trinajstić information content (AvgIpc) is 3.11. The molecule has 24 heavy (non-hydrogen) atoms. The van der Waals surface area contributed by atoms with E-state index < -0.39 is 5.97 Å². The smallest absolute Gasteiger partial charge is 0.360 e. The fraction of sp³-hybridized carbons (Fsp3) is 0.105. The van der Waals surface area contributed by atoms with Gasteiger partial charge in [-0.1, -0.05) is 41.6 Å². The highest BCUT2D eigenvalue weighted by atomic mass is 16.5. The summed E-state index contributed by atoms with van der Waals surface area (Å²) in [5, 5.41) is 3.69. The first-order valence-electron chi connectivity index (χ1n) is 7.59. The van der Waals surface area contributed by atoms with Crippen molar-refractivity contribution in [3.63, 3.8) is 0 Å². The third kappa shape index (κ3) is 3.76. The van der Waals surface area contributed by atoms with E-state index >= 15 is 0 Å². The minimum absolute atomic E-state index is 0.169. The first kappa shape index (κ1) is 15.7. The van der Waals surface area contributed by atoms with Crippen LogP contribution < -0.4 is 0 Å². The van der Waals surface area contributed by atoms with E-state index in [0.29, 0.717) is 12.4 Å². The van der Waals surface area contributed by atoms with Gasteiger partial charge in [0.05, 0.1) is 12.3 Å². The van der Waals surface area contributed by atoms with Gasteiger partial charge in [0.1, 0.15) is 0 Å². The molecule has 120 valence electrons. The fourth-order valence-electron chi connectivity index (χ4n) is 2.15. The van der Waals surface area contributed by atoms with E-state index in [4.69, 9.17) is 9.26 Å². The Bertz CT molecular complexity index is 837. The Labute approximate surface area is 139 Å². The van der Waals surface area contributed by atoms with Crippen molar-refractivity contribution in [2.24, 2.45) is 0 Å². The molecule has 0 N–H and O–H groups in total. The molecular weight excluding hydrogens is 304 g/mol. The zero-order valence-corrected chi connectivity index (χ0v) is 13.2. The molecule has 5 nitrogen and oxygen atoms in total. The Balaban J connectivity index is 1.70. The first-order valence-corrected chi connectivity index (χ1v) is 7.59. The minimum atomic E-state index is -0.486. The standard InChI is InChI=1S/C19H16N2O3/c1-2-23-19(22)18-13-16(24-21-18)11-8-14-6-9-15(10-7-14)17-5-3-4-12-20-17/h3-13H,2H2,1H3/b11-8+. The van der Waals surface area contributed by atoms with Crippen LogP contribution >= 0.6 is 0 Å². The van der Waals surface area contributed by atoms with E-state index in [-0.39, 0.29) is 5.69 Å². The Kier molecular flexibility index (Phi) is 4.81. The van der Waals surface area contributed by atoms with Gasteiger partial charge in [-0.3, -0.25) is 4.98 Å². The summed E-state index contributed by atoms with van der Waals surface area (Å²) in [5.41, 5.74) is 3.16. The number of rotatable bonds is 5. The van der Waals surface area contributed by atoms with Crippen molar-refractivity contribution >= 4 is 18.1 Å². The van der Waals surface area contributed by atoms with Crippen LogP contribution in [0.4, 0.5) is 0 Å². The quantitative estimate of drug-likeness (QED) is 0.663. The van der Waals surface area contributed by atoms with Crippen molar-refractivity contribution in [2.45, 2.75) is 6.92 Å². The molecule has 0 saturated heterocycles. The van der Waals surface area contributed by atoms with Crippen molar-refractivity contribution in [1.29, 1.82) is 0 Å². The molecule has 0 amide bonds. The molecule has 0 radical (unpaired) electrons. The summed E-state index contributed by atoms with van der Waals surface area (Å²) in [6.07, 6.45) is 5.41. The monoisotopic (exact) mass is 320 g/mol. The van der Waals surface area contributed by atoms with Crippen molar-refractivity contribution in [3.8, 4) is 11.3 Å². The van der Waals surface area contributed by atoms with Crippen LogP contribution in [0.1, 0.15) is 28.7 Å². The summed E-state index contributed by atoms with van der Waals surface area (Å²) >= 11 is 0. The number of carbonyl (C=O) groups excluding carboxylic acids is 1. The molecule has 0 spiro atoms. The molecule has 2 heterocycles. The van der Waals surface area contributed by atoms with Crippen LogP contribution in [0.5, 0.6) is 0 Å². The van der Waals surface area contributed by atoms with E-state index in [1.54, 1.807) is 25.3 Å². The van der Waals surface area contributed by atoms with Gasteiger partial charge in [0.25, 0.3) is 0 Å². The van der Waals surface area contributed by atoms with Crippen LogP contribution in [0.25, 0.3) is 23.4 Å². The molecule has 0 atom stereocenters. The highest BCUT2D eigenvalue weighted by Gasteiger charge is 2.11. The molecule has 0 aliphatic carbocycles. The van der Waals surface area contributed by atoms with E-state index in [0.717, 1.165) is 16.8 Å². The molecule has 0 unspecified atom stereocenters. The van der Waals surface area contributed by atoms with Crippen molar-refractivity contribution in [2.75, 3.05) is 6.61 Å². The van der Waals surface area contributed by atoms with Gasteiger partial charge in [0.15, 0.2) is 11.5 Å². The van der Waals surface area contributed by atoms with Crippen LogP contribution in [0.15, 0.2) is 59.3 Å². The third-order valence-electron chi connectivity index (χ3n) is 3.32. The number of pyridine rings is 1. The highest BCUT2D eigenvalue weighted by Crippen LogP contribution is 2.18. The topological polar surface area (TPSA) is 65.2 Å². The molecule has 0 bridgehead atoms. The van der Waals surface area contributed by atoms with Gasteiger partial charge in [-0.15, -0.1) is 0 Å². The van der Waals surface area contributed by atoms with Crippen molar-refractivity contribution in [3.05, 3.63) is 71.7 Å². The molecular formula is C19H16N2O3. The molecule has 3 aromatic rings. The summed E-state index contributed by atoms with van der Waals surface area (Å²) in [6.45, 7) is 2.05. The summed E-state index contributed by atoms with van der Waals surface area (Å²) in [4.78, 5) is 15.9. The molecule has 3 rings (SSSR count). The van der Waals surface area contributed by atoms with Gasteiger partial charge in [-0.2, -0.15) is 0 Å². The summed E-state index contributed by atoms with van der Waals surface area (Å²) in [5.74, 6) is 0.00692. The zero-order valence-electron chi connectivity index (χ0n) is 13.2. The maximum absolute atomic E-state index is 11.5. The number of nitrogens with zero attached hydrogens (tertiary/aromatic N) is 2. The molecule has 0 saturated carbocycles. The van der Waals surface area contributed by atoms with Crippen LogP contribution in [-0.2, 0) is 4.74 Å². The number of ether oxygens (including phenoxy) is 1. The van der Waals surface area contributed by atoms with Crippen LogP contribution in [0.2, 0.25) is 0 Å². The number of aromatic nitrogens is 2. The molecule has 0 fully saturated rings. The molecule has 2 aromatic heterocycles. The SMILES string of the molecule is CCOC(=O)c1cc(/C=C/c2ccc(-c3ccccn3)cc2)on1. The lowest BCUT2D eigenvalue weighted by atomic mass is 10.1. The minimum Gasteiger partial charge on any atom is -0.461 e.